The molecule has 0 atom stereocenters. The predicted octanol–water partition coefficient (Wildman–Crippen LogP) is 4.75. The molecule has 1 heterocycles. The van der Waals surface area contributed by atoms with Crippen molar-refractivity contribution in [3.05, 3.63) is 54.4 Å². The van der Waals surface area contributed by atoms with E-state index in [9.17, 15) is 4.79 Å². The minimum atomic E-state index is 0.238. The van der Waals surface area contributed by atoms with Gasteiger partial charge in [0.15, 0.2) is 11.5 Å². The standard InChI is InChI=1S/C26H33N3O3/c1-31-23-12-6-7-13-24(23)32-19-9-18-29-22-11-5-4-10-21(22)28-25(29)14-3-2-8-17-27-26(30)20-15-16-20/h4-7,10-13,20H,2-3,8-9,14-19H2,1H3,(H,27,30). The summed E-state index contributed by atoms with van der Waals surface area (Å²) in [6.07, 6.45) is 7.13. The van der Waals surface area contributed by atoms with Gasteiger partial charge in [-0.2, -0.15) is 0 Å². The van der Waals surface area contributed by atoms with Crippen LogP contribution in [0.1, 0.15) is 44.3 Å². The fourth-order valence-corrected chi connectivity index (χ4v) is 3.99. The van der Waals surface area contributed by atoms with Gasteiger partial charge in [0.1, 0.15) is 5.82 Å². The van der Waals surface area contributed by atoms with E-state index in [0.717, 1.165) is 80.9 Å². The molecular formula is C26H33N3O3. The van der Waals surface area contributed by atoms with Crippen LogP contribution in [-0.4, -0.2) is 35.7 Å². The average molecular weight is 436 g/mol. The van der Waals surface area contributed by atoms with Crippen LogP contribution in [0.2, 0.25) is 0 Å². The number of carbonyl (C=O) groups is 1. The lowest BCUT2D eigenvalue weighted by Crippen LogP contribution is -2.25. The van der Waals surface area contributed by atoms with Gasteiger partial charge in [-0.25, -0.2) is 4.98 Å². The van der Waals surface area contributed by atoms with Crippen LogP contribution in [0.5, 0.6) is 11.5 Å². The van der Waals surface area contributed by atoms with Gasteiger partial charge < -0.3 is 19.4 Å². The Balaban J connectivity index is 1.27. The van der Waals surface area contributed by atoms with Gasteiger partial charge in [-0.3, -0.25) is 4.79 Å². The second kappa shape index (κ2) is 11.0. The van der Waals surface area contributed by atoms with Crippen molar-refractivity contribution in [2.24, 2.45) is 5.92 Å². The molecule has 1 amide bonds. The van der Waals surface area contributed by atoms with Gasteiger partial charge in [-0.1, -0.05) is 30.7 Å². The number of rotatable bonds is 13. The number of imidazole rings is 1. The number of carbonyl (C=O) groups excluding carboxylic acids is 1. The van der Waals surface area contributed by atoms with E-state index in [4.69, 9.17) is 14.5 Å². The van der Waals surface area contributed by atoms with Crippen molar-refractivity contribution in [3.63, 3.8) is 0 Å². The Kier molecular flexibility index (Phi) is 7.64. The van der Waals surface area contributed by atoms with E-state index in [1.165, 1.54) is 5.52 Å². The Morgan fingerprint density at radius 2 is 1.81 bits per heavy atom. The zero-order chi connectivity index (χ0) is 22.2. The second-order valence-corrected chi connectivity index (χ2v) is 8.40. The largest absolute Gasteiger partial charge is 0.493 e. The summed E-state index contributed by atoms with van der Waals surface area (Å²) in [5.74, 6) is 3.20. The number of hydrogen-bond donors (Lipinski definition) is 1. The van der Waals surface area contributed by atoms with Crippen LogP contribution in [0.3, 0.4) is 0 Å². The van der Waals surface area contributed by atoms with Crippen molar-refractivity contribution in [3.8, 4) is 11.5 Å². The monoisotopic (exact) mass is 435 g/mol. The molecule has 1 N–H and O–H groups in total. The fraction of sp³-hybridized carbons (Fsp3) is 0.462. The lowest BCUT2D eigenvalue weighted by atomic mass is 10.2. The number of aromatic nitrogens is 2. The number of methoxy groups -OCH3 is 1. The van der Waals surface area contributed by atoms with Gasteiger partial charge in [0, 0.05) is 25.4 Å². The zero-order valence-corrected chi connectivity index (χ0v) is 18.9. The lowest BCUT2D eigenvalue weighted by Gasteiger charge is -2.12. The summed E-state index contributed by atoms with van der Waals surface area (Å²) in [5, 5.41) is 3.05. The Labute approximate surface area is 189 Å². The SMILES string of the molecule is COc1ccccc1OCCCn1c(CCCCCNC(=O)C2CC2)nc2ccccc21. The van der Waals surface area contributed by atoms with Crippen molar-refractivity contribution in [2.45, 2.75) is 51.5 Å². The van der Waals surface area contributed by atoms with Gasteiger partial charge in [0.05, 0.1) is 24.8 Å². The van der Waals surface area contributed by atoms with Gasteiger partial charge >= 0.3 is 0 Å². The van der Waals surface area contributed by atoms with Crippen LogP contribution in [-0.2, 0) is 17.8 Å². The Hall–Kier alpha value is -3.02. The number of nitrogens with zero attached hydrogens (tertiary/aromatic N) is 2. The summed E-state index contributed by atoms with van der Waals surface area (Å²) in [6.45, 7) is 2.27. The highest BCUT2D eigenvalue weighted by molar-refractivity contribution is 5.80. The van der Waals surface area contributed by atoms with Crippen molar-refractivity contribution in [2.75, 3.05) is 20.3 Å². The highest BCUT2D eigenvalue weighted by Gasteiger charge is 2.28. The fourth-order valence-electron chi connectivity index (χ4n) is 3.99. The molecule has 1 aliphatic carbocycles. The second-order valence-electron chi connectivity index (χ2n) is 8.40. The Bertz CT molecular complexity index is 1030. The molecular weight excluding hydrogens is 402 g/mol. The summed E-state index contributed by atoms with van der Waals surface area (Å²) in [7, 11) is 1.66. The molecule has 1 fully saturated rings. The molecule has 1 aromatic heterocycles. The van der Waals surface area contributed by atoms with Gasteiger partial charge in [0.2, 0.25) is 5.91 Å². The lowest BCUT2D eigenvalue weighted by molar-refractivity contribution is -0.122. The number of nitrogens with one attached hydrogen (secondary N) is 1. The molecule has 1 aliphatic rings. The maximum Gasteiger partial charge on any atom is 0.223 e. The van der Waals surface area contributed by atoms with E-state index in [-0.39, 0.29) is 5.91 Å². The molecule has 170 valence electrons. The molecule has 1 saturated carbocycles. The number of para-hydroxylation sites is 4. The molecule has 6 nitrogen and oxygen atoms in total. The number of aryl methyl sites for hydroxylation is 2. The van der Waals surface area contributed by atoms with E-state index in [1.54, 1.807) is 7.11 Å². The molecule has 0 unspecified atom stereocenters. The number of fused-ring (bicyclic) bond motifs is 1. The normalized spacial score (nSPS) is 13.3. The first kappa shape index (κ1) is 22.2. The first-order valence-electron chi connectivity index (χ1n) is 11.7. The Morgan fingerprint density at radius 3 is 2.62 bits per heavy atom. The van der Waals surface area contributed by atoms with E-state index in [1.807, 2.05) is 30.3 Å². The van der Waals surface area contributed by atoms with Gasteiger partial charge in [-0.15, -0.1) is 0 Å². The van der Waals surface area contributed by atoms with Crippen LogP contribution >= 0.6 is 0 Å². The van der Waals surface area contributed by atoms with Crippen LogP contribution in [0.4, 0.5) is 0 Å². The Morgan fingerprint density at radius 1 is 1.03 bits per heavy atom. The minimum absolute atomic E-state index is 0.238. The molecule has 4 rings (SSSR count). The van der Waals surface area contributed by atoms with Crippen LogP contribution in [0.25, 0.3) is 11.0 Å². The number of amides is 1. The molecule has 0 spiro atoms. The molecule has 0 aliphatic heterocycles. The summed E-state index contributed by atoms with van der Waals surface area (Å²) in [5.41, 5.74) is 2.22. The molecule has 6 heteroatoms. The molecule has 0 bridgehead atoms. The summed E-state index contributed by atoms with van der Waals surface area (Å²) in [4.78, 5) is 16.6. The van der Waals surface area contributed by atoms with Crippen molar-refractivity contribution in [1.29, 1.82) is 0 Å². The minimum Gasteiger partial charge on any atom is -0.493 e. The molecule has 2 aromatic carbocycles. The summed E-state index contributed by atoms with van der Waals surface area (Å²) in [6, 6.07) is 16.1. The highest BCUT2D eigenvalue weighted by Crippen LogP contribution is 2.28. The summed E-state index contributed by atoms with van der Waals surface area (Å²) >= 11 is 0. The van der Waals surface area contributed by atoms with Gasteiger partial charge in [0.25, 0.3) is 0 Å². The van der Waals surface area contributed by atoms with E-state index < -0.39 is 0 Å². The number of hydrogen-bond acceptors (Lipinski definition) is 4. The van der Waals surface area contributed by atoms with Crippen LogP contribution in [0, 0.1) is 5.92 Å². The first-order valence-corrected chi connectivity index (χ1v) is 11.7. The maximum absolute atomic E-state index is 11.7. The van der Waals surface area contributed by atoms with Crippen LogP contribution in [0.15, 0.2) is 48.5 Å². The van der Waals surface area contributed by atoms with Crippen LogP contribution < -0.4 is 14.8 Å². The quantitative estimate of drug-likeness (QED) is 0.394. The third-order valence-corrected chi connectivity index (χ3v) is 5.91. The van der Waals surface area contributed by atoms with E-state index in [2.05, 4.69) is 28.1 Å². The number of unbranched alkanes of at least 4 members (excludes halogenated alkanes) is 2. The molecule has 3 aromatic rings. The van der Waals surface area contributed by atoms with Crippen molar-refractivity contribution < 1.29 is 14.3 Å². The van der Waals surface area contributed by atoms with Gasteiger partial charge in [-0.05, 0) is 56.4 Å². The third kappa shape index (κ3) is 5.81. The predicted molar refractivity (Wildman–Crippen MR) is 126 cm³/mol. The molecule has 32 heavy (non-hydrogen) atoms. The molecule has 0 radical (unpaired) electrons. The average Bonchev–Trinajstić information content (AvgIpc) is 3.62. The zero-order valence-electron chi connectivity index (χ0n) is 18.9. The third-order valence-electron chi connectivity index (χ3n) is 5.91. The maximum atomic E-state index is 11.7. The van der Waals surface area contributed by atoms with Crippen molar-refractivity contribution in [1.82, 2.24) is 14.9 Å². The number of ether oxygens (including phenoxy) is 2. The van der Waals surface area contributed by atoms with E-state index in [0.29, 0.717) is 12.5 Å². The highest BCUT2D eigenvalue weighted by atomic mass is 16.5. The topological polar surface area (TPSA) is 65.4 Å². The smallest absolute Gasteiger partial charge is 0.223 e. The van der Waals surface area contributed by atoms with Crippen molar-refractivity contribution >= 4 is 16.9 Å². The summed E-state index contributed by atoms with van der Waals surface area (Å²) < 4.78 is 13.6. The molecule has 0 saturated heterocycles. The number of benzene rings is 2. The first-order chi connectivity index (χ1) is 15.8. The van der Waals surface area contributed by atoms with E-state index >= 15 is 0 Å².